The smallest absolute Gasteiger partial charge is 0.268 e. The second-order valence-electron chi connectivity index (χ2n) is 6.95. The molecule has 4 rings (SSSR count). The van der Waals surface area contributed by atoms with E-state index < -0.39 is 0 Å². The maximum atomic E-state index is 6.50. The number of hydrogen-bond donors (Lipinski definition) is 0. The van der Waals surface area contributed by atoms with Crippen LogP contribution in [0.2, 0.25) is 10.0 Å². The van der Waals surface area contributed by atoms with Crippen LogP contribution >= 0.6 is 23.2 Å². The second-order valence-corrected chi connectivity index (χ2v) is 7.79. The molecule has 0 radical (unpaired) electrons. The lowest BCUT2D eigenvalue weighted by Crippen LogP contribution is -2.00. The highest BCUT2D eigenvalue weighted by molar-refractivity contribution is 6.35. The van der Waals surface area contributed by atoms with Crippen LogP contribution in [-0.2, 0) is 0 Å². The normalized spacial score (nSPS) is 12.3. The van der Waals surface area contributed by atoms with Gasteiger partial charge in [-0.05, 0) is 31.5 Å². The molecule has 1 unspecified atom stereocenters. The standard InChI is InChI=1S/C22H20Cl2N4O/c1-4-13(2)21-25-26-22(29-21)19-14(3)20(15-8-6-5-7-9-15)28(27-19)18-11-10-16(23)12-17(18)24/h5-13H,4H2,1-3H3. The first-order valence-corrected chi connectivity index (χ1v) is 10.2. The monoisotopic (exact) mass is 426 g/mol. The van der Waals surface area contributed by atoms with Gasteiger partial charge in [0, 0.05) is 22.1 Å². The summed E-state index contributed by atoms with van der Waals surface area (Å²) in [5.74, 6) is 1.21. The van der Waals surface area contributed by atoms with Crippen LogP contribution in [-0.4, -0.2) is 20.0 Å². The molecule has 0 spiro atoms. The molecule has 4 aromatic rings. The third-order valence-electron chi connectivity index (χ3n) is 4.98. The van der Waals surface area contributed by atoms with Crippen LogP contribution in [0, 0.1) is 6.92 Å². The lowest BCUT2D eigenvalue weighted by Gasteiger charge is -2.10. The van der Waals surface area contributed by atoms with Crippen LogP contribution in [0.25, 0.3) is 28.5 Å². The summed E-state index contributed by atoms with van der Waals surface area (Å²) in [4.78, 5) is 0. The Hall–Kier alpha value is -2.63. The predicted molar refractivity (Wildman–Crippen MR) is 116 cm³/mol. The van der Waals surface area contributed by atoms with Gasteiger partial charge in [-0.25, -0.2) is 4.68 Å². The van der Waals surface area contributed by atoms with Crippen molar-refractivity contribution >= 4 is 23.2 Å². The lowest BCUT2D eigenvalue weighted by atomic mass is 10.1. The van der Waals surface area contributed by atoms with Gasteiger partial charge in [0.2, 0.25) is 5.89 Å². The molecular weight excluding hydrogens is 407 g/mol. The van der Waals surface area contributed by atoms with Crippen LogP contribution in [0.5, 0.6) is 0 Å². The molecule has 7 heteroatoms. The fraction of sp³-hybridized carbons (Fsp3) is 0.227. The van der Waals surface area contributed by atoms with E-state index in [2.05, 4.69) is 24.0 Å². The van der Waals surface area contributed by atoms with Crippen LogP contribution in [0.3, 0.4) is 0 Å². The Labute approximate surface area is 179 Å². The Balaban J connectivity index is 1.93. The highest BCUT2D eigenvalue weighted by atomic mass is 35.5. The summed E-state index contributed by atoms with van der Waals surface area (Å²) < 4.78 is 7.75. The summed E-state index contributed by atoms with van der Waals surface area (Å²) in [6.45, 7) is 6.15. The summed E-state index contributed by atoms with van der Waals surface area (Å²) >= 11 is 12.6. The zero-order valence-electron chi connectivity index (χ0n) is 16.4. The molecule has 0 saturated carbocycles. The summed E-state index contributed by atoms with van der Waals surface area (Å²) in [7, 11) is 0. The molecule has 1 atom stereocenters. The molecule has 0 saturated heterocycles. The molecule has 0 amide bonds. The van der Waals surface area contributed by atoms with E-state index in [4.69, 9.17) is 32.7 Å². The lowest BCUT2D eigenvalue weighted by molar-refractivity contribution is 0.460. The van der Waals surface area contributed by atoms with Gasteiger partial charge in [0.1, 0.15) is 0 Å². The van der Waals surface area contributed by atoms with Crippen molar-refractivity contribution in [3.05, 3.63) is 70.0 Å². The molecule has 0 aliphatic heterocycles. The van der Waals surface area contributed by atoms with E-state index in [0.29, 0.717) is 27.5 Å². The number of halogens is 2. The molecule has 148 valence electrons. The van der Waals surface area contributed by atoms with Gasteiger partial charge in [0.05, 0.1) is 16.4 Å². The number of benzene rings is 2. The minimum absolute atomic E-state index is 0.193. The van der Waals surface area contributed by atoms with Gasteiger partial charge in [-0.1, -0.05) is 67.4 Å². The molecule has 0 aliphatic rings. The SMILES string of the molecule is CCC(C)c1nnc(-c2nn(-c3ccc(Cl)cc3Cl)c(-c3ccccc3)c2C)o1. The number of nitrogens with zero attached hydrogens (tertiary/aromatic N) is 4. The van der Waals surface area contributed by atoms with Gasteiger partial charge < -0.3 is 4.42 Å². The largest absolute Gasteiger partial charge is 0.419 e. The maximum absolute atomic E-state index is 6.50. The van der Waals surface area contributed by atoms with Crippen molar-refractivity contribution in [1.29, 1.82) is 0 Å². The third kappa shape index (κ3) is 3.68. The molecule has 5 nitrogen and oxygen atoms in total. The zero-order valence-corrected chi connectivity index (χ0v) is 17.9. The van der Waals surface area contributed by atoms with Gasteiger partial charge in [0.25, 0.3) is 5.89 Å². The van der Waals surface area contributed by atoms with Crippen molar-refractivity contribution in [2.75, 3.05) is 0 Å². The van der Waals surface area contributed by atoms with Crippen molar-refractivity contribution in [2.24, 2.45) is 0 Å². The fourth-order valence-electron chi connectivity index (χ4n) is 3.17. The van der Waals surface area contributed by atoms with Gasteiger partial charge in [-0.15, -0.1) is 10.2 Å². The minimum Gasteiger partial charge on any atom is -0.419 e. The van der Waals surface area contributed by atoms with Crippen molar-refractivity contribution in [2.45, 2.75) is 33.1 Å². The Morgan fingerprint density at radius 2 is 1.83 bits per heavy atom. The quantitative estimate of drug-likeness (QED) is 0.355. The Kier molecular flexibility index (Phi) is 5.43. The van der Waals surface area contributed by atoms with Crippen molar-refractivity contribution in [3.8, 4) is 28.5 Å². The average Bonchev–Trinajstić information content (AvgIpc) is 3.33. The van der Waals surface area contributed by atoms with Gasteiger partial charge in [0.15, 0.2) is 5.69 Å². The molecule has 2 heterocycles. The van der Waals surface area contributed by atoms with Gasteiger partial charge in [-0.2, -0.15) is 5.10 Å². The zero-order chi connectivity index (χ0) is 20.5. The summed E-state index contributed by atoms with van der Waals surface area (Å²) in [6.07, 6.45) is 0.921. The molecule has 2 aromatic carbocycles. The number of hydrogen-bond acceptors (Lipinski definition) is 4. The maximum Gasteiger partial charge on any atom is 0.268 e. The van der Waals surface area contributed by atoms with E-state index in [9.17, 15) is 0 Å². The molecular formula is C22H20Cl2N4O. The molecule has 2 aromatic heterocycles. The molecule has 29 heavy (non-hydrogen) atoms. The van der Waals surface area contributed by atoms with E-state index in [-0.39, 0.29) is 5.92 Å². The Morgan fingerprint density at radius 3 is 2.52 bits per heavy atom. The first-order valence-electron chi connectivity index (χ1n) is 9.43. The molecule has 0 aliphatic carbocycles. The summed E-state index contributed by atoms with van der Waals surface area (Å²) in [6, 6.07) is 15.4. The van der Waals surface area contributed by atoms with Crippen LogP contribution in [0.1, 0.15) is 37.6 Å². The predicted octanol–water partition coefficient (Wildman–Crippen LogP) is 6.72. The van der Waals surface area contributed by atoms with Crippen LogP contribution in [0.4, 0.5) is 0 Å². The fourth-order valence-corrected chi connectivity index (χ4v) is 3.65. The van der Waals surface area contributed by atoms with Crippen molar-refractivity contribution in [3.63, 3.8) is 0 Å². The minimum atomic E-state index is 0.193. The van der Waals surface area contributed by atoms with Crippen LogP contribution < -0.4 is 0 Å². The van der Waals surface area contributed by atoms with Crippen LogP contribution in [0.15, 0.2) is 52.9 Å². The first-order chi connectivity index (χ1) is 14.0. The topological polar surface area (TPSA) is 56.7 Å². The van der Waals surface area contributed by atoms with E-state index in [1.54, 1.807) is 12.1 Å². The Bertz CT molecular complexity index is 1150. The Morgan fingerprint density at radius 1 is 1.07 bits per heavy atom. The van der Waals surface area contributed by atoms with Gasteiger partial charge in [-0.3, -0.25) is 0 Å². The first kappa shape index (κ1) is 19.7. The summed E-state index contributed by atoms with van der Waals surface area (Å²) in [5.41, 5.74) is 4.22. The van der Waals surface area contributed by atoms with E-state index in [0.717, 1.165) is 28.9 Å². The molecule has 0 N–H and O–H groups in total. The second kappa shape index (κ2) is 8.01. The molecule has 0 fully saturated rings. The van der Waals surface area contributed by atoms with Crippen molar-refractivity contribution < 1.29 is 4.42 Å². The average molecular weight is 427 g/mol. The highest BCUT2D eigenvalue weighted by Gasteiger charge is 2.24. The van der Waals surface area contributed by atoms with E-state index >= 15 is 0 Å². The van der Waals surface area contributed by atoms with E-state index in [1.807, 2.05) is 48.0 Å². The van der Waals surface area contributed by atoms with Crippen molar-refractivity contribution in [1.82, 2.24) is 20.0 Å². The summed E-state index contributed by atoms with van der Waals surface area (Å²) in [5, 5.41) is 14.3. The number of rotatable bonds is 5. The van der Waals surface area contributed by atoms with E-state index in [1.165, 1.54) is 0 Å². The number of aromatic nitrogens is 4. The highest BCUT2D eigenvalue weighted by Crippen LogP contribution is 2.36. The third-order valence-corrected chi connectivity index (χ3v) is 5.52. The van der Waals surface area contributed by atoms with Gasteiger partial charge >= 0.3 is 0 Å². The molecule has 0 bridgehead atoms.